The molecule has 2 saturated heterocycles. The van der Waals surface area contributed by atoms with Gasteiger partial charge in [-0.05, 0) is 31.8 Å². The van der Waals surface area contributed by atoms with Crippen LogP contribution in [0.15, 0.2) is 0 Å². The first-order chi connectivity index (χ1) is 7.75. The molecule has 0 radical (unpaired) electrons. The Balaban J connectivity index is 0.00000144. The summed E-state index contributed by atoms with van der Waals surface area (Å²) in [6.07, 6.45) is 2.70. The van der Waals surface area contributed by atoms with Gasteiger partial charge in [0.1, 0.15) is 0 Å². The molecule has 0 aliphatic carbocycles. The smallest absolute Gasteiger partial charge is 0.0120 e. The Morgan fingerprint density at radius 2 is 1.56 bits per heavy atom. The van der Waals surface area contributed by atoms with Crippen molar-refractivity contribution in [3.63, 3.8) is 0 Å². The van der Waals surface area contributed by atoms with Gasteiger partial charge in [0.05, 0.1) is 0 Å². The molecule has 0 aromatic carbocycles. The minimum absolute atomic E-state index is 0. The van der Waals surface area contributed by atoms with E-state index in [1.165, 1.54) is 58.7 Å². The number of piperazine rings is 1. The zero-order chi connectivity index (χ0) is 11.4. The Kier molecular flexibility index (Phi) is 9.62. The van der Waals surface area contributed by atoms with Gasteiger partial charge < -0.3 is 10.2 Å². The van der Waals surface area contributed by atoms with E-state index in [0.717, 1.165) is 12.0 Å². The van der Waals surface area contributed by atoms with Crippen LogP contribution in [0.4, 0.5) is 0 Å². The van der Waals surface area contributed by atoms with Crippen LogP contribution in [0, 0.1) is 5.92 Å². The number of nitrogens with one attached hydrogen (secondary N) is 1. The van der Waals surface area contributed by atoms with Crippen LogP contribution in [0.3, 0.4) is 0 Å². The lowest BCUT2D eigenvalue weighted by molar-refractivity contribution is 0.0763. The number of rotatable bonds is 3. The number of piperidine rings is 1. The Labute approximate surface area is 124 Å². The van der Waals surface area contributed by atoms with Crippen molar-refractivity contribution in [3.05, 3.63) is 0 Å². The summed E-state index contributed by atoms with van der Waals surface area (Å²) in [5.41, 5.74) is 0. The van der Waals surface area contributed by atoms with Gasteiger partial charge in [-0.2, -0.15) is 0 Å². The fourth-order valence-electron chi connectivity index (χ4n) is 3.00. The molecule has 18 heavy (non-hydrogen) atoms. The molecule has 0 aromatic rings. The zero-order valence-electron chi connectivity index (χ0n) is 11.7. The first-order valence-electron chi connectivity index (χ1n) is 6.93. The van der Waals surface area contributed by atoms with Gasteiger partial charge in [0, 0.05) is 38.8 Å². The molecule has 0 amide bonds. The average Bonchev–Trinajstić information content (AvgIpc) is 2.30. The molecule has 2 heterocycles. The Morgan fingerprint density at radius 1 is 1.00 bits per heavy atom. The summed E-state index contributed by atoms with van der Waals surface area (Å²) in [5, 5.41) is 3.45. The minimum atomic E-state index is 0. The fourth-order valence-corrected chi connectivity index (χ4v) is 3.00. The van der Waals surface area contributed by atoms with E-state index < -0.39 is 0 Å². The van der Waals surface area contributed by atoms with Crippen LogP contribution >= 0.6 is 24.8 Å². The molecule has 2 fully saturated rings. The average molecular weight is 298 g/mol. The van der Waals surface area contributed by atoms with Crippen molar-refractivity contribution in [2.45, 2.75) is 32.7 Å². The second-order valence-corrected chi connectivity index (χ2v) is 5.71. The highest BCUT2D eigenvalue weighted by atomic mass is 35.5. The third-order valence-corrected chi connectivity index (χ3v) is 3.86. The van der Waals surface area contributed by atoms with Gasteiger partial charge in [-0.3, -0.25) is 4.90 Å². The van der Waals surface area contributed by atoms with Crippen molar-refractivity contribution in [2.75, 3.05) is 45.8 Å². The van der Waals surface area contributed by atoms with Crippen LogP contribution in [-0.2, 0) is 0 Å². The number of nitrogens with zero attached hydrogens (tertiary/aromatic N) is 2. The van der Waals surface area contributed by atoms with Crippen molar-refractivity contribution in [3.8, 4) is 0 Å². The quantitative estimate of drug-likeness (QED) is 0.858. The second kappa shape index (κ2) is 9.38. The van der Waals surface area contributed by atoms with Crippen LogP contribution in [0.25, 0.3) is 0 Å². The van der Waals surface area contributed by atoms with Crippen molar-refractivity contribution in [1.82, 2.24) is 15.1 Å². The Hall–Kier alpha value is 0.460. The summed E-state index contributed by atoms with van der Waals surface area (Å²) in [6, 6.07) is 0.863. The molecule has 2 rings (SSSR count). The molecule has 2 aliphatic heterocycles. The van der Waals surface area contributed by atoms with Gasteiger partial charge in [-0.25, -0.2) is 0 Å². The molecular formula is C13H29Cl2N3. The van der Waals surface area contributed by atoms with E-state index in [-0.39, 0.29) is 24.8 Å². The van der Waals surface area contributed by atoms with Gasteiger partial charge in [-0.15, -0.1) is 24.8 Å². The molecule has 0 atom stereocenters. The van der Waals surface area contributed by atoms with Crippen molar-refractivity contribution in [2.24, 2.45) is 5.92 Å². The number of halogens is 2. The van der Waals surface area contributed by atoms with Crippen LogP contribution in [0.1, 0.15) is 26.7 Å². The summed E-state index contributed by atoms with van der Waals surface area (Å²) in [4.78, 5) is 5.35. The van der Waals surface area contributed by atoms with Crippen LogP contribution < -0.4 is 5.32 Å². The highest BCUT2D eigenvalue weighted by molar-refractivity contribution is 5.85. The second-order valence-electron chi connectivity index (χ2n) is 5.71. The van der Waals surface area contributed by atoms with Gasteiger partial charge in [0.15, 0.2) is 0 Å². The van der Waals surface area contributed by atoms with Gasteiger partial charge in [-0.1, -0.05) is 13.8 Å². The standard InChI is InChI=1S/C13H27N3.2ClH/c1-12(2)11-15-7-9-16(10-8-15)13-3-5-14-6-4-13;;/h12-14H,3-11H2,1-2H3;2*1H. The van der Waals surface area contributed by atoms with Gasteiger partial charge >= 0.3 is 0 Å². The number of hydrogen-bond acceptors (Lipinski definition) is 3. The maximum absolute atomic E-state index is 3.45. The number of hydrogen-bond donors (Lipinski definition) is 1. The highest BCUT2D eigenvalue weighted by Gasteiger charge is 2.24. The van der Waals surface area contributed by atoms with Crippen LogP contribution in [0.5, 0.6) is 0 Å². The molecule has 5 heteroatoms. The van der Waals surface area contributed by atoms with E-state index in [0.29, 0.717) is 0 Å². The summed E-state index contributed by atoms with van der Waals surface area (Å²) in [5.74, 6) is 0.811. The lowest BCUT2D eigenvalue weighted by Crippen LogP contribution is -2.53. The third kappa shape index (κ3) is 5.62. The molecule has 0 spiro atoms. The molecule has 3 nitrogen and oxygen atoms in total. The largest absolute Gasteiger partial charge is 0.317 e. The van der Waals surface area contributed by atoms with Crippen LogP contribution in [0.2, 0.25) is 0 Å². The van der Waals surface area contributed by atoms with E-state index in [4.69, 9.17) is 0 Å². The molecule has 110 valence electrons. The predicted octanol–water partition coefficient (Wildman–Crippen LogP) is 1.86. The molecular weight excluding hydrogens is 269 g/mol. The molecule has 1 N–H and O–H groups in total. The lowest BCUT2D eigenvalue weighted by atomic mass is 10.0. The maximum Gasteiger partial charge on any atom is 0.0120 e. The van der Waals surface area contributed by atoms with E-state index in [9.17, 15) is 0 Å². The fraction of sp³-hybridized carbons (Fsp3) is 1.00. The highest BCUT2D eigenvalue weighted by Crippen LogP contribution is 2.14. The first kappa shape index (κ1) is 18.5. The SMILES string of the molecule is CC(C)CN1CCN(C2CCNCC2)CC1.Cl.Cl. The van der Waals surface area contributed by atoms with Crippen molar-refractivity contribution in [1.29, 1.82) is 0 Å². The lowest BCUT2D eigenvalue weighted by Gasteiger charge is -2.41. The van der Waals surface area contributed by atoms with Crippen molar-refractivity contribution >= 4 is 24.8 Å². The Bertz CT molecular complexity index is 200. The summed E-state index contributed by atoms with van der Waals surface area (Å²) >= 11 is 0. The maximum atomic E-state index is 3.45. The molecule has 0 bridgehead atoms. The van der Waals surface area contributed by atoms with Crippen molar-refractivity contribution < 1.29 is 0 Å². The van der Waals surface area contributed by atoms with E-state index in [1.807, 2.05) is 0 Å². The predicted molar refractivity (Wildman–Crippen MR) is 83.2 cm³/mol. The Morgan fingerprint density at radius 3 is 2.06 bits per heavy atom. The normalized spacial score (nSPS) is 23.5. The monoisotopic (exact) mass is 297 g/mol. The van der Waals surface area contributed by atoms with E-state index in [2.05, 4.69) is 29.0 Å². The van der Waals surface area contributed by atoms with E-state index >= 15 is 0 Å². The molecule has 2 aliphatic rings. The first-order valence-corrected chi connectivity index (χ1v) is 6.93. The third-order valence-electron chi connectivity index (χ3n) is 3.86. The van der Waals surface area contributed by atoms with Gasteiger partial charge in [0.25, 0.3) is 0 Å². The summed E-state index contributed by atoms with van der Waals surface area (Å²) in [7, 11) is 0. The molecule has 0 saturated carbocycles. The zero-order valence-corrected chi connectivity index (χ0v) is 13.4. The molecule has 0 unspecified atom stereocenters. The summed E-state index contributed by atoms with van der Waals surface area (Å²) < 4.78 is 0. The van der Waals surface area contributed by atoms with Crippen LogP contribution in [-0.4, -0.2) is 61.7 Å². The molecule has 0 aromatic heterocycles. The topological polar surface area (TPSA) is 18.5 Å². The summed E-state index contributed by atoms with van der Waals surface area (Å²) in [6.45, 7) is 13.5. The minimum Gasteiger partial charge on any atom is -0.317 e. The van der Waals surface area contributed by atoms with E-state index in [1.54, 1.807) is 0 Å². The van der Waals surface area contributed by atoms with Gasteiger partial charge in [0.2, 0.25) is 0 Å².